The van der Waals surface area contributed by atoms with Crippen molar-refractivity contribution in [2.75, 3.05) is 43.9 Å². The minimum absolute atomic E-state index is 0.0631. The Labute approximate surface area is 125 Å². The first-order valence-electron chi connectivity index (χ1n) is 7.06. The van der Waals surface area contributed by atoms with Crippen LogP contribution in [0, 0.1) is 10.1 Å². The molecule has 0 fully saturated rings. The molecule has 8 heteroatoms. The smallest absolute Gasteiger partial charge is 0.353 e. The minimum Gasteiger partial charge on any atom is -0.364 e. The SMILES string of the molecule is CCNc1ncnc(N(CC)C(C)CN(C)C)c1[N+](=O)[O-]. The molecule has 1 aromatic rings. The van der Waals surface area contributed by atoms with Gasteiger partial charge in [-0.05, 0) is 34.9 Å². The van der Waals surface area contributed by atoms with Crippen molar-refractivity contribution in [1.82, 2.24) is 14.9 Å². The fourth-order valence-electron chi connectivity index (χ4n) is 2.34. The fraction of sp³-hybridized carbons (Fsp3) is 0.692. The highest BCUT2D eigenvalue weighted by Gasteiger charge is 2.28. The van der Waals surface area contributed by atoms with Gasteiger partial charge in [0.1, 0.15) is 6.33 Å². The number of nitrogens with zero attached hydrogens (tertiary/aromatic N) is 5. The Morgan fingerprint density at radius 2 is 2.05 bits per heavy atom. The van der Waals surface area contributed by atoms with Crippen LogP contribution < -0.4 is 10.2 Å². The van der Waals surface area contributed by atoms with Crippen molar-refractivity contribution in [3.63, 3.8) is 0 Å². The predicted molar refractivity (Wildman–Crippen MR) is 83.9 cm³/mol. The number of hydrogen-bond acceptors (Lipinski definition) is 7. The molecule has 0 saturated carbocycles. The summed E-state index contributed by atoms with van der Waals surface area (Å²) in [6.07, 6.45) is 1.37. The molecule has 0 aliphatic rings. The highest BCUT2D eigenvalue weighted by Crippen LogP contribution is 2.32. The highest BCUT2D eigenvalue weighted by atomic mass is 16.6. The summed E-state index contributed by atoms with van der Waals surface area (Å²) in [7, 11) is 3.95. The molecule has 1 unspecified atom stereocenters. The molecule has 0 aliphatic carbocycles. The summed E-state index contributed by atoms with van der Waals surface area (Å²) < 4.78 is 0. The largest absolute Gasteiger partial charge is 0.364 e. The van der Waals surface area contributed by atoms with E-state index in [0.29, 0.717) is 18.9 Å². The van der Waals surface area contributed by atoms with Gasteiger partial charge in [0.2, 0.25) is 11.6 Å². The maximum Gasteiger partial charge on any atom is 0.353 e. The van der Waals surface area contributed by atoms with Gasteiger partial charge in [-0.25, -0.2) is 9.97 Å². The third-order valence-corrected chi connectivity index (χ3v) is 3.10. The molecule has 21 heavy (non-hydrogen) atoms. The number of rotatable bonds is 8. The van der Waals surface area contributed by atoms with Crippen molar-refractivity contribution in [1.29, 1.82) is 0 Å². The predicted octanol–water partition coefficient (Wildman–Crippen LogP) is 1.59. The van der Waals surface area contributed by atoms with Crippen LogP contribution in [-0.2, 0) is 0 Å². The summed E-state index contributed by atoms with van der Waals surface area (Å²) in [5.74, 6) is 0.630. The van der Waals surface area contributed by atoms with Crippen LogP contribution in [-0.4, -0.2) is 59.6 Å². The zero-order valence-corrected chi connectivity index (χ0v) is 13.3. The summed E-state index contributed by atoms with van der Waals surface area (Å²) in [6.45, 7) is 7.85. The van der Waals surface area contributed by atoms with E-state index in [1.165, 1.54) is 6.33 Å². The normalized spacial score (nSPS) is 12.3. The lowest BCUT2D eigenvalue weighted by Crippen LogP contribution is -2.41. The summed E-state index contributed by atoms with van der Waals surface area (Å²) >= 11 is 0. The van der Waals surface area contributed by atoms with Crippen LogP contribution in [0.3, 0.4) is 0 Å². The molecule has 8 nitrogen and oxygen atoms in total. The lowest BCUT2D eigenvalue weighted by Gasteiger charge is -2.30. The summed E-state index contributed by atoms with van der Waals surface area (Å²) in [6, 6.07) is 0.105. The molecule has 0 spiro atoms. The van der Waals surface area contributed by atoms with E-state index in [-0.39, 0.29) is 17.5 Å². The van der Waals surface area contributed by atoms with E-state index in [4.69, 9.17) is 0 Å². The quantitative estimate of drug-likeness (QED) is 0.575. The molecular formula is C13H24N6O2. The van der Waals surface area contributed by atoms with Gasteiger partial charge in [0, 0.05) is 25.7 Å². The van der Waals surface area contributed by atoms with E-state index in [0.717, 1.165) is 6.54 Å². The van der Waals surface area contributed by atoms with Crippen molar-refractivity contribution in [2.24, 2.45) is 0 Å². The van der Waals surface area contributed by atoms with Crippen molar-refractivity contribution >= 4 is 17.3 Å². The Balaban J connectivity index is 3.25. The average Bonchev–Trinajstić information content (AvgIpc) is 2.38. The second-order valence-electron chi connectivity index (χ2n) is 5.08. The van der Waals surface area contributed by atoms with Gasteiger partial charge in [-0.1, -0.05) is 0 Å². The van der Waals surface area contributed by atoms with Gasteiger partial charge in [-0.3, -0.25) is 10.1 Å². The Hall–Kier alpha value is -1.96. The third kappa shape index (κ3) is 4.25. The monoisotopic (exact) mass is 296 g/mol. The van der Waals surface area contributed by atoms with E-state index in [1.54, 1.807) is 0 Å². The van der Waals surface area contributed by atoms with E-state index >= 15 is 0 Å². The number of likely N-dealkylation sites (N-methyl/N-ethyl adjacent to an activating group) is 2. The molecule has 1 heterocycles. The molecule has 0 radical (unpaired) electrons. The van der Waals surface area contributed by atoms with E-state index in [2.05, 4.69) is 15.3 Å². The van der Waals surface area contributed by atoms with Crippen LogP contribution in [0.2, 0.25) is 0 Å². The van der Waals surface area contributed by atoms with Crippen LogP contribution in [0.15, 0.2) is 6.33 Å². The molecule has 1 rings (SSSR count). The molecule has 0 amide bonds. The molecule has 118 valence electrons. The second-order valence-corrected chi connectivity index (χ2v) is 5.08. The number of nitrogens with one attached hydrogen (secondary N) is 1. The van der Waals surface area contributed by atoms with E-state index in [9.17, 15) is 10.1 Å². The summed E-state index contributed by atoms with van der Waals surface area (Å²) in [4.78, 5) is 23.1. The Kier molecular flexibility index (Phi) is 6.29. The van der Waals surface area contributed by atoms with Crippen molar-refractivity contribution in [2.45, 2.75) is 26.8 Å². The lowest BCUT2D eigenvalue weighted by molar-refractivity contribution is -0.383. The first-order chi connectivity index (χ1) is 9.92. The fourth-order valence-corrected chi connectivity index (χ4v) is 2.34. The summed E-state index contributed by atoms with van der Waals surface area (Å²) in [5.41, 5.74) is -0.0631. The van der Waals surface area contributed by atoms with Crippen LogP contribution in [0.25, 0.3) is 0 Å². The molecule has 0 aliphatic heterocycles. The first kappa shape index (κ1) is 17.1. The van der Waals surface area contributed by atoms with E-state index in [1.807, 2.05) is 44.7 Å². The molecule has 0 bridgehead atoms. The number of aromatic nitrogens is 2. The molecule has 1 atom stereocenters. The van der Waals surface area contributed by atoms with Crippen LogP contribution in [0.4, 0.5) is 17.3 Å². The zero-order valence-electron chi connectivity index (χ0n) is 13.3. The molecule has 1 N–H and O–H groups in total. The number of hydrogen-bond donors (Lipinski definition) is 1. The molecule has 1 aromatic heterocycles. The molecule has 0 saturated heterocycles. The topological polar surface area (TPSA) is 87.4 Å². The Morgan fingerprint density at radius 3 is 2.52 bits per heavy atom. The Bertz CT molecular complexity index is 480. The van der Waals surface area contributed by atoms with Crippen molar-refractivity contribution in [3.8, 4) is 0 Å². The van der Waals surface area contributed by atoms with E-state index < -0.39 is 4.92 Å². The zero-order chi connectivity index (χ0) is 16.0. The third-order valence-electron chi connectivity index (χ3n) is 3.10. The highest BCUT2D eigenvalue weighted by molar-refractivity contribution is 5.70. The standard InChI is InChI=1S/C13H24N6O2/c1-6-14-12-11(19(20)21)13(16-9-15-12)18(7-2)10(3)8-17(4)5/h9-10H,6-8H2,1-5H3,(H,14,15,16). The van der Waals surface area contributed by atoms with Crippen LogP contribution >= 0.6 is 0 Å². The van der Waals surface area contributed by atoms with Gasteiger partial charge < -0.3 is 15.1 Å². The van der Waals surface area contributed by atoms with Crippen LogP contribution in [0.5, 0.6) is 0 Å². The maximum absolute atomic E-state index is 11.4. The van der Waals surface area contributed by atoms with Crippen molar-refractivity contribution < 1.29 is 4.92 Å². The number of anilines is 2. The molecule has 0 aromatic carbocycles. The Morgan fingerprint density at radius 1 is 1.38 bits per heavy atom. The average molecular weight is 296 g/mol. The second kappa shape index (κ2) is 7.72. The van der Waals surface area contributed by atoms with Gasteiger partial charge in [0.05, 0.1) is 4.92 Å². The van der Waals surface area contributed by atoms with Crippen molar-refractivity contribution in [3.05, 3.63) is 16.4 Å². The van der Waals surface area contributed by atoms with Gasteiger partial charge in [0.15, 0.2) is 0 Å². The van der Waals surface area contributed by atoms with Gasteiger partial charge in [-0.2, -0.15) is 0 Å². The summed E-state index contributed by atoms with van der Waals surface area (Å²) in [5, 5.41) is 14.4. The van der Waals surface area contributed by atoms with Gasteiger partial charge in [0.25, 0.3) is 0 Å². The van der Waals surface area contributed by atoms with Gasteiger partial charge >= 0.3 is 5.69 Å². The van der Waals surface area contributed by atoms with Crippen LogP contribution in [0.1, 0.15) is 20.8 Å². The van der Waals surface area contributed by atoms with Gasteiger partial charge in [-0.15, -0.1) is 0 Å². The number of nitro groups is 1. The lowest BCUT2D eigenvalue weighted by atomic mass is 10.2. The maximum atomic E-state index is 11.4. The first-order valence-corrected chi connectivity index (χ1v) is 7.06. The molecular weight excluding hydrogens is 272 g/mol. The minimum atomic E-state index is -0.418.